The summed E-state index contributed by atoms with van der Waals surface area (Å²) in [7, 11) is 3.15. The highest BCUT2D eigenvalue weighted by Gasteiger charge is 2.39. The van der Waals surface area contributed by atoms with Crippen LogP contribution in [0.3, 0.4) is 0 Å². The molecule has 0 aliphatic carbocycles. The van der Waals surface area contributed by atoms with E-state index in [0.29, 0.717) is 37.8 Å². The van der Waals surface area contributed by atoms with Gasteiger partial charge in [0.05, 0.1) is 20.8 Å². The smallest absolute Gasteiger partial charge is 0.410 e. The van der Waals surface area contributed by atoms with Crippen LogP contribution in [0.1, 0.15) is 12.0 Å². The topological polar surface area (TPSA) is 86.3 Å². The average molecular weight is 364 g/mol. The van der Waals surface area contributed by atoms with Gasteiger partial charge in [0.15, 0.2) is 0 Å². The van der Waals surface area contributed by atoms with Gasteiger partial charge in [-0.3, -0.25) is 9.69 Å². The molecule has 0 aromatic heterocycles. The van der Waals surface area contributed by atoms with Crippen molar-refractivity contribution in [2.75, 3.05) is 40.6 Å². The van der Waals surface area contributed by atoms with Crippen LogP contribution in [0.15, 0.2) is 18.2 Å². The largest absolute Gasteiger partial charge is 0.497 e. The molecule has 0 radical (unpaired) electrons. The van der Waals surface area contributed by atoms with E-state index < -0.39 is 12.1 Å². The van der Waals surface area contributed by atoms with E-state index in [0.717, 1.165) is 12.0 Å². The van der Waals surface area contributed by atoms with Crippen LogP contribution < -0.4 is 14.8 Å². The van der Waals surface area contributed by atoms with Crippen molar-refractivity contribution in [2.45, 2.75) is 19.0 Å². The summed E-state index contributed by atoms with van der Waals surface area (Å²) < 4.78 is 20.9. The van der Waals surface area contributed by atoms with Crippen LogP contribution in [0.4, 0.5) is 4.79 Å². The zero-order chi connectivity index (χ0) is 18.5. The molecular weight excluding hydrogens is 340 g/mol. The molecule has 1 aromatic rings. The van der Waals surface area contributed by atoms with E-state index in [9.17, 15) is 9.59 Å². The van der Waals surface area contributed by atoms with Gasteiger partial charge >= 0.3 is 6.09 Å². The molecule has 2 aliphatic rings. The number of carbonyl (C=O) groups excluding carboxylic acids is 2. The first-order chi connectivity index (χ1) is 12.6. The molecule has 1 aromatic carbocycles. The van der Waals surface area contributed by atoms with Gasteiger partial charge in [0.25, 0.3) is 0 Å². The summed E-state index contributed by atoms with van der Waals surface area (Å²) in [6, 6.07) is 4.80. The van der Waals surface area contributed by atoms with E-state index in [2.05, 4.69) is 5.32 Å². The number of hydrogen-bond acceptors (Lipinski definition) is 6. The Morgan fingerprint density at radius 2 is 1.96 bits per heavy atom. The summed E-state index contributed by atoms with van der Waals surface area (Å²) in [6.07, 6.45) is 0.446. The molecule has 26 heavy (non-hydrogen) atoms. The third-order valence-electron chi connectivity index (χ3n) is 4.63. The van der Waals surface area contributed by atoms with E-state index in [-0.39, 0.29) is 18.4 Å². The second-order valence-corrected chi connectivity index (χ2v) is 6.41. The van der Waals surface area contributed by atoms with E-state index in [1.807, 2.05) is 12.1 Å². The maximum absolute atomic E-state index is 12.6. The van der Waals surface area contributed by atoms with E-state index in [1.54, 1.807) is 20.3 Å². The average Bonchev–Trinajstić information content (AvgIpc) is 3.30. The predicted octanol–water partition coefficient (Wildman–Crippen LogP) is 1.18. The Morgan fingerprint density at radius 3 is 2.58 bits per heavy atom. The third-order valence-corrected chi connectivity index (χ3v) is 4.63. The Kier molecular flexibility index (Phi) is 5.82. The van der Waals surface area contributed by atoms with Gasteiger partial charge in [0, 0.05) is 31.7 Å². The molecule has 2 amide bonds. The van der Waals surface area contributed by atoms with Gasteiger partial charge < -0.3 is 24.3 Å². The fourth-order valence-electron chi connectivity index (χ4n) is 3.15. The molecule has 0 saturated carbocycles. The number of ether oxygens (including phenoxy) is 4. The normalized spacial score (nSPS) is 22.2. The lowest BCUT2D eigenvalue weighted by Gasteiger charge is -2.23. The molecule has 3 rings (SSSR count). The highest BCUT2D eigenvalue weighted by atomic mass is 16.6. The molecule has 8 nitrogen and oxygen atoms in total. The van der Waals surface area contributed by atoms with Gasteiger partial charge in [-0.15, -0.1) is 0 Å². The Hall–Kier alpha value is -2.48. The predicted molar refractivity (Wildman–Crippen MR) is 92.2 cm³/mol. The maximum Gasteiger partial charge on any atom is 0.410 e. The van der Waals surface area contributed by atoms with Crippen LogP contribution in [0, 0.1) is 5.92 Å². The van der Waals surface area contributed by atoms with E-state index in [1.165, 1.54) is 4.90 Å². The second-order valence-electron chi connectivity index (χ2n) is 6.41. The quantitative estimate of drug-likeness (QED) is 0.782. The molecule has 1 N–H and O–H groups in total. The number of hydrogen-bond donors (Lipinski definition) is 1. The number of rotatable bonds is 7. The van der Waals surface area contributed by atoms with Crippen molar-refractivity contribution >= 4 is 12.0 Å². The van der Waals surface area contributed by atoms with Gasteiger partial charge in [-0.1, -0.05) is 0 Å². The zero-order valence-corrected chi connectivity index (χ0v) is 15.0. The van der Waals surface area contributed by atoms with Gasteiger partial charge in [-0.05, 0) is 24.1 Å². The molecule has 8 heteroatoms. The lowest BCUT2D eigenvalue weighted by atomic mass is 10.1. The number of amides is 2. The minimum Gasteiger partial charge on any atom is -0.497 e. The molecule has 2 fully saturated rings. The SMILES string of the molecule is COc1cc(CNC(=O)[C@@H]2COC(=O)N2CC2CCOC2)cc(OC)c1. The number of benzene rings is 1. The summed E-state index contributed by atoms with van der Waals surface area (Å²) in [5.74, 6) is 1.31. The highest BCUT2D eigenvalue weighted by Crippen LogP contribution is 2.23. The Bertz CT molecular complexity index is 637. The lowest BCUT2D eigenvalue weighted by Crippen LogP contribution is -2.47. The van der Waals surface area contributed by atoms with Gasteiger partial charge in [0.1, 0.15) is 24.1 Å². The monoisotopic (exact) mass is 364 g/mol. The summed E-state index contributed by atoms with van der Waals surface area (Å²) in [4.78, 5) is 26.0. The molecule has 2 heterocycles. The van der Waals surface area contributed by atoms with Crippen LogP contribution in [-0.4, -0.2) is 63.5 Å². The van der Waals surface area contributed by atoms with Crippen LogP contribution in [0.2, 0.25) is 0 Å². The van der Waals surface area contributed by atoms with Gasteiger partial charge in [-0.25, -0.2) is 4.79 Å². The first kappa shape index (κ1) is 18.3. The molecular formula is C18H24N2O6. The maximum atomic E-state index is 12.6. The standard InChI is InChI=1S/C18H24N2O6/c1-23-14-5-13(6-15(7-14)24-2)8-19-17(21)16-11-26-18(22)20(16)9-12-3-4-25-10-12/h5-7,12,16H,3-4,8-11H2,1-2H3,(H,19,21)/t12?,16-/m0/s1. The van der Waals surface area contributed by atoms with Crippen molar-refractivity contribution in [1.29, 1.82) is 0 Å². The summed E-state index contributed by atoms with van der Waals surface area (Å²) in [5, 5.41) is 2.86. The number of nitrogens with one attached hydrogen (secondary N) is 1. The van der Waals surface area contributed by atoms with Gasteiger partial charge in [-0.2, -0.15) is 0 Å². The molecule has 0 spiro atoms. The van der Waals surface area contributed by atoms with Gasteiger partial charge in [0.2, 0.25) is 5.91 Å². The van der Waals surface area contributed by atoms with Crippen LogP contribution in [0.25, 0.3) is 0 Å². The minimum atomic E-state index is -0.615. The minimum absolute atomic E-state index is 0.0691. The van der Waals surface area contributed by atoms with Crippen molar-refractivity contribution in [3.63, 3.8) is 0 Å². The van der Waals surface area contributed by atoms with Crippen LogP contribution >= 0.6 is 0 Å². The molecule has 2 atom stereocenters. The zero-order valence-electron chi connectivity index (χ0n) is 15.0. The highest BCUT2D eigenvalue weighted by molar-refractivity contribution is 5.87. The summed E-state index contributed by atoms with van der Waals surface area (Å²) in [6.45, 7) is 2.16. The van der Waals surface area contributed by atoms with Crippen molar-refractivity contribution in [3.05, 3.63) is 23.8 Å². The van der Waals surface area contributed by atoms with Crippen LogP contribution in [0.5, 0.6) is 11.5 Å². The first-order valence-electron chi connectivity index (χ1n) is 8.61. The molecule has 142 valence electrons. The third kappa shape index (κ3) is 4.19. The Balaban J connectivity index is 1.60. The number of methoxy groups -OCH3 is 2. The van der Waals surface area contributed by atoms with Crippen LogP contribution in [-0.2, 0) is 20.8 Å². The van der Waals surface area contributed by atoms with Crippen molar-refractivity contribution in [3.8, 4) is 11.5 Å². The molecule has 0 bridgehead atoms. The van der Waals surface area contributed by atoms with E-state index >= 15 is 0 Å². The molecule has 2 aliphatic heterocycles. The van der Waals surface area contributed by atoms with Crippen molar-refractivity contribution in [2.24, 2.45) is 5.92 Å². The first-order valence-corrected chi connectivity index (χ1v) is 8.61. The number of carbonyl (C=O) groups is 2. The molecule has 2 saturated heterocycles. The summed E-state index contributed by atoms with van der Waals surface area (Å²) >= 11 is 0. The van der Waals surface area contributed by atoms with Crippen molar-refractivity contribution < 1.29 is 28.5 Å². The lowest BCUT2D eigenvalue weighted by molar-refractivity contribution is -0.125. The Labute approximate surface area is 152 Å². The van der Waals surface area contributed by atoms with Crippen molar-refractivity contribution in [1.82, 2.24) is 10.2 Å². The van der Waals surface area contributed by atoms with E-state index in [4.69, 9.17) is 18.9 Å². The second kappa shape index (κ2) is 8.27. The molecule has 1 unspecified atom stereocenters. The summed E-state index contributed by atoms with van der Waals surface area (Å²) in [5.41, 5.74) is 0.843. The Morgan fingerprint density at radius 1 is 1.23 bits per heavy atom. The fraction of sp³-hybridized carbons (Fsp3) is 0.556. The fourth-order valence-corrected chi connectivity index (χ4v) is 3.15. The number of nitrogens with zero attached hydrogens (tertiary/aromatic N) is 1. The number of cyclic esters (lactones) is 1.